The summed E-state index contributed by atoms with van der Waals surface area (Å²) in [5.74, 6) is 0. The third-order valence-electron chi connectivity index (χ3n) is 3.92. The van der Waals surface area contributed by atoms with Gasteiger partial charge in [-0.05, 0) is 37.5 Å². The SMILES string of the molecule is Cc1csc(C(=N)C2(c3ccc(Cl)cc3)CCC2)n1.Cl. The molecule has 1 fully saturated rings. The summed E-state index contributed by atoms with van der Waals surface area (Å²) in [6, 6.07) is 7.93. The minimum atomic E-state index is -0.144. The molecule has 1 saturated carbocycles. The van der Waals surface area contributed by atoms with Crippen LogP contribution in [0.5, 0.6) is 0 Å². The highest BCUT2D eigenvalue weighted by molar-refractivity contribution is 7.11. The molecule has 0 bridgehead atoms. The molecule has 0 spiro atoms. The van der Waals surface area contributed by atoms with E-state index in [0.717, 1.165) is 28.6 Å². The molecule has 1 aromatic carbocycles. The predicted octanol–water partition coefficient (Wildman–Crippen LogP) is 5.02. The summed E-state index contributed by atoms with van der Waals surface area (Å²) >= 11 is 7.53. The van der Waals surface area contributed by atoms with Crippen LogP contribution in [0, 0.1) is 12.3 Å². The van der Waals surface area contributed by atoms with Crippen LogP contribution < -0.4 is 0 Å². The zero-order valence-electron chi connectivity index (χ0n) is 11.1. The van der Waals surface area contributed by atoms with Gasteiger partial charge in [0.25, 0.3) is 0 Å². The van der Waals surface area contributed by atoms with Gasteiger partial charge in [-0.25, -0.2) is 4.98 Å². The van der Waals surface area contributed by atoms with E-state index in [1.165, 1.54) is 12.0 Å². The van der Waals surface area contributed by atoms with Crippen LogP contribution in [0.3, 0.4) is 0 Å². The molecule has 1 aromatic heterocycles. The van der Waals surface area contributed by atoms with Crippen LogP contribution in [-0.2, 0) is 5.41 Å². The molecule has 5 heteroatoms. The summed E-state index contributed by atoms with van der Waals surface area (Å²) in [6.45, 7) is 1.98. The van der Waals surface area contributed by atoms with Crippen LogP contribution >= 0.6 is 35.3 Å². The van der Waals surface area contributed by atoms with Crippen molar-refractivity contribution < 1.29 is 0 Å². The van der Waals surface area contributed by atoms with Crippen LogP contribution in [0.4, 0.5) is 0 Å². The van der Waals surface area contributed by atoms with Crippen LogP contribution in [0.15, 0.2) is 29.6 Å². The third-order valence-corrected chi connectivity index (χ3v) is 5.14. The lowest BCUT2D eigenvalue weighted by Gasteiger charge is -2.42. The second-order valence-electron chi connectivity index (χ2n) is 5.11. The van der Waals surface area contributed by atoms with Gasteiger partial charge in [0.2, 0.25) is 0 Å². The Balaban J connectivity index is 0.00000147. The van der Waals surface area contributed by atoms with Gasteiger partial charge in [-0.1, -0.05) is 30.2 Å². The van der Waals surface area contributed by atoms with Gasteiger partial charge in [-0.3, -0.25) is 0 Å². The van der Waals surface area contributed by atoms with Crippen molar-refractivity contribution in [3.8, 4) is 0 Å². The van der Waals surface area contributed by atoms with Crippen LogP contribution in [0.2, 0.25) is 5.02 Å². The number of nitrogens with zero attached hydrogens (tertiary/aromatic N) is 1. The van der Waals surface area contributed by atoms with Gasteiger partial charge in [-0.15, -0.1) is 23.7 Å². The molecule has 106 valence electrons. The van der Waals surface area contributed by atoms with E-state index in [1.807, 2.05) is 24.4 Å². The molecular formula is C15H16Cl2N2S. The minimum absolute atomic E-state index is 0. The Labute approximate surface area is 134 Å². The zero-order valence-corrected chi connectivity index (χ0v) is 13.5. The number of halogens is 2. The molecule has 0 amide bonds. The van der Waals surface area contributed by atoms with E-state index >= 15 is 0 Å². The van der Waals surface area contributed by atoms with Gasteiger partial charge in [0, 0.05) is 21.5 Å². The van der Waals surface area contributed by atoms with Crippen molar-refractivity contribution in [2.24, 2.45) is 0 Å². The Morgan fingerprint density at radius 3 is 2.40 bits per heavy atom. The van der Waals surface area contributed by atoms with Crippen molar-refractivity contribution in [3.63, 3.8) is 0 Å². The molecule has 0 radical (unpaired) electrons. The summed E-state index contributed by atoms with van der Waals surface area (Å²) < 4.78 is 0. The Kier molecular flexibility index (Phi) is 4.52. The maximum atomic E-state index is 8.55. The second kappa shape index (κ2) is 5.84. The van der Waals surface area contributed by atoms with E-state index in [1.54, 1.807) is 11.3 Å². The van der Waals surface area contributed by atoms with Crippen LogP contribution in [-0.4, -0.2) is 10.7 Å². The Hall–Kier alpha value is -0.900. The highest BCUT2D eigenvalue weighted by Gasteiger charge is 2.44. The number of aryl methyl sites for hydroxylation is 1. The van der Waals surface area contributed by atoms with E-state index in [0.29, 0.717) is 5.71 Å². The van der Waals surface area contributed by atoms with Crippen LogP contribution in [0.25, 0.3) is 0 Å². The zero-order chi connectivity index (χ0) is 13.5. The summed E-state index contributed by atoms with van der Waals surface area (Å²) in [5, 5.41) is 12.2. The summed E-state index contributed by atoms with van der Waals surface area (Å²) in [4.78, 5) is 4.47. The fraction of sp³-hybridized carbons (Fsp3) is 0.333. The fourth-order valence-electron chi connectivity index (χ4n) is 2.66. The first kappa shape index (κ1) is 15.5. The second-order valence-corrected chi connectivity index (χ2v) is 6.41. The van der Waals surface area contributed by atoms with Gasteiger partial charge in [0.15, 0.2) is 0 Å². The number of hydrogen-bond donors (Lipinski definition) is 1. The molecule has 3 rings (SSSR count). The van der Waals surface area contributed by atoms with Crippen LogP contribution in [0.1, 0.15) is 35.5 Å². The smallest absolute Gasteiger partial charge is 0.138 e. The van der Waals surface area contributed by atoms with Crippen molar-refractivity contribution in [2.75, 3.05) is 0 Å². The fourth-order valence-corrected chi connectivity index (χ4v) is 3.63. The quantitative estimate of drug-likeness (QED) is 0.790. The molecule has 1 aliphatic carbocycles. The molecule has 1 N–H and O–H groups in total. The summed E-state index contributed by atoms with van der Waals surface area (Å²) in [6.07, 6.45) is 3.24. The van der Waals surface area contributed by atoms with Gasteiger partial charge in [-0.2, -0.15) is 0 Å². The Bertz CT molecular complexity index is 615. The number of rotatable bonds is 3. The first-order valence-electron chi connectivity index (χ1n) is 6.39. The van der Waals surface area contributed by atoms with E-state index in [4.69, 9.17) is 17.0 Å². The summed E-state index contributed by atoms with van der Waals surface area (Å²) in [7, 11) is 0. The molecule has 0 saturated heterocycles. The maximum absolute atomic E-state index is 8.55. The lowest BCUT2D eigenvalue weighted by molar-refractivity contribution is 0.340. The molecule has 0 aliphatic heterocycles. The Morgan fingerprint density at radius 1 is 1.30 bits per heavy atom. The number of thiazole rings is 1. The number of nitrogens with one attached hydrogen (secondary N) is 1. The number of hydrogen-bond acceptors (Lipinski definition) is 3. The molecule has 1 heterocycles. The molecule has 20 heavy (non-hydrogen) atoms. The normalized spacial score (nSPS) is 16.1. The summed E-state index contributed by atoms with van der Waals surface area (Å²) in [5.41, 5.74) is 2.71. The molecular weight excluding hydrogens is 311 g/mol. The largest absolute Gasteiger partial charge is 0.301 e. The highest BCUT2D eigenvalue weighted by atomic mass is 35.5. The van der Waals surface area contributed by atoms with Gasteiger partial charge in [0.05, 0.1) is 5.71 Å². The van der Waals surface area contributed by atoms with Gasteiger partial charge < -0.3 is 5.41 Å². The van der Waals surface area contributed by atoms with E-state index in [-0.39, 0.29) is 17.8 Å². The van der Waals surface area contributed by atoms with Crippen molar-refractivity contribution in [1.82, 2.24) is 4.98 Å². The lowest BCUT2D eigenvalue weighted by Crippen LogP contribution is -2.42. The average molecular weight is 327 g/mol. The average Bonchev–Trinajstić information content (AvgIpc) is 2.77. The lowest BCUT2D eigenvalue weighted by atomic mass is 9.61. The molecule has 0 atom stereocenters. The van der Waals surface area contributed by atoms with Gasteiger partial charge >= 0.3 is 0 Å². The number of aromatic nitrogens is 1. The first-order valence-corrected chi connectivity index (χ1v) is 7.65. The topological polar surface area (TPSA) is 36.7 Å². The maximum Gasteiger partial charge on any atom is 0.138 e. The molecule has 1 aliphatic rings. The predicted molar refractivity (Wildman–Crippen MR) is 87.9 cm³/mol. The third kappa shape index (κ3) is 2.50. The molecule has 0 unspecified atom stereocenters. The molecule has 2 aromatic rings. The highest BCUT2D eigenvalue weighted by Crippen LogP contribution is 2.46. The van der Waals surface area contributed by atoms with Crippen molar-refractivity contribution >= 4 is 41.1 Å². The van der Waals surface area contributed by atoms with Crippen molar-refractivity contribution in [1.29, 1.82) is 5.41 Å². The first-order chi connectivity index (χ1) is 9.12. The standard InChI is InChI=1S/C15H15ClN2S.ClH/c1-10-9-19-14(18-10)13(17)15(7-2-8-15)11-3-5-12(16)6-4-11;/h3-6,9,17H,2,7-8H2,1H3;1H. The van der Waals surface area contributed by atoms with E-state index in [2.05, 4.69) is 17.1 Å². The minimum Gasteiger partial charge on any atom is -0.301 e. The number of benzene rings is 1. The van der Waals surface area contributed by atoms with E-state index < -0.39 is 0 Å². The van der Waals surface area contributed by atoms with Gasteiger partial charge in [0.1, 0.15) is 5.01 Å². The van der Waals surface area contributed by atoms with Crippen molar-refractivity contribution in [2.45, 2.75) is 31.6 Å². The van der Waals surface area contributed by atoms with E-state index in [9.17, 15) is 0 Å². The monoisotopic (exact) mass is 326 g/mol. The molecule has 2 nitrogen and oxygen atoms in total. The van der Waals surface area contributed by atoms with Crippen molar-refractivity contribution in [3.05, 3.63) is 50.9 Å². The Morgan fingerprint density at radius 2 is 1.95 bits per heavy atom.